The average molecular weight is 332 g/mol. The van der Waals surface area contributed by atoms with E-state index in [-0.39, 0.29) is 22.3 Å². The number of para-hydroxylation sites is 1. The van der Waals surface area contributed by atoms with E-state index in [9.17, 15) is 18.0 Å². The number of Topliss-reactive ketones (excluding diaryl/α,β-unsaturated/α-hetero) is 1. The van der Waals surface area contributed by atoms with Crippen LogP contribution in [0.15, 0.2) is 22.7 Å². The predicted octanol–water partition coefficient (Wildman–Crippen LogP) is 4.16. The van der Waals surface area contributed by atoms with E-state index in [1.165, 1.54) is 18.2 Å². The lowest BCUT2D eigenvalue weighted by atomic mass is 10.1. The van der Waals surface area contributed by atoms with Gasteiger partial charge in [0.1, 0.15) is 0 Å². The van der Waals surface area contributed by atoms with Crippen molar-refractivity contribution in [1.29, 1.82) is 0 Å². The minimum absolute atomic E-state index is 0.0385. The van der Waals surface area contributed by atoms with Crippen LogP contribution in [-0.2, 0) is 0 Å². The molecule has 0 saturated carbocycles. The molecule has 0 aliphatic rings. The quantitative estimate of drug-likeness (QED) is 0.612. The standard InChI is InChI=1S/C10H7BrClF3O2/c11-7-3-1-2-6(8(16)4-5-12)9(7)17-10(13,14)15/h1-3H,4-5H2. The number of ketones is 1. The van der Waals surface area contributed by atoms with Crippen molar-refractivity contribution in [2.24, 2.45) is 0 Å². The van der Waals surface area contributed by atoms with Crippen LogP contribution in [0.4, 0.5) is 13.2 Å². The average Bonchev–Trinajstić information content (AvgIpc) is 2.19. The molecule has 0 saturated heterocycles. The van der Waals surface area contributed by atoms with Gasteiger partial charge in [-0.05, 0) is 28.1 Å². The van der Waals surface area contributed by atoms with Crippen LogP contribution in [0.5, 0.6) is 5.75 Å². The molecule has 17 heavy (non-hydrogen) atoms. The summed E-state index contributed by atoms with van der Waals surface area (Å²) in [6, 6.07) is 4.08. The Morgan fingerprint density at radius 1 is 1.41 bits per heavy atom. The summed E-state index contributed by atoms with van der Waals surface area (Å²) in [5, 5.41) is 0. The van der Waals surface area contributed by atoms with E-state index in [1.54, 1.807) is 0 Å². The molecular weight excluding hydrogens is 324 g/mol. The predicted molar refractivity (Wildman–Crippen MR) is 60.5 cm³/mol. The maximum absolute atomic E-state index is 12.2. The van der Waals surface area contributed by atoms with Gasteiger partial charge in [-0.15, -0.1) is 24.8 Å². The number of halogens is 5. The molecule has 0 heterocycles. The second kappa shape index (κ2) is 5.73. The van der Waals surface area contributed by atoms with E-state index < -0.39 is 17.9 Å². The Labute approximate surface area is 109 Å². The molecule has 0 aliphatic carbocycles. The van der Waals surface area contributed by atoms with Gasteiger partial charge in [0.15, 0.2) is 11.5 Å². The minimum Gasteiger partial charge on any atom is -0.404 e. The third-order valence-corrected chi connectivity index (χ3v) is 2.62. The molecule has 1 rings (SSSR count). The Hall–Kier alpha value is -0.750. The van der Waals surface area contributed by atoms with Crippen LogP contribution in [0.1, 0.15) is 16.8 Å². The van der Waals surface area contributed by atoms with Crippen molar-refractivity contribution >= 4 is 33.3 Å². The van der Waals surface area contributed by atoms with Crippen molar-refractivity contribution in [1.82, 2.24) is 0 Å². The molecule has 0 bridgehead atoms. The molecule has 0 aliphatic heterocycles. The summed E-state index contributed by atoms with van der Waals surface area (Å²) in [7, 11) is 0. The van der Waals surface area contributed by atoms with Gasteiger partial charge < -0.3 is 4.74 Å². The number of alkyl halides is 4. The second-order valence-corrected chi connectivity index (χ2v) is 4.26. The van der Waals surface area contributed by atoms with Crippen molar-refractivity contribution in [2.45, 2.75) is 12.8 Å². The van der Waals surface area contributed by atoms with Crippen LogP contribution >= 0.6 is 27.5 Å². The van der Waals surface area contributed by atoms with E-state index in [0.29, 0.717) is 0 Å². The van der Waals surface area contributed by atoms with E-state index in [2.05, 4.69) is 20.7 Å². The molecule has 1 aromatic rings. The highest BCUT2D eigenvalue weighted by atomic mass is 79.9. The van der Waals surface area contributed by atoms with Gasteiger partial charge in [0, 0.05) is 12.3 Å². The molecular formula is C10H7BrClF3O2. The van der Waals surface area contributed by atoms with Crippen LogP contribution in [0.3, 0.4) is 0 Å². The monoisotopic (exact) mass is 330 g/mol. The lowest BCUT2D eigenvalue weighted by molar-refractivity contribution is -0.275. The fourth-order valence-corrected chi connectivity index (χ4v) is 1.79. The largest absolute Gasteiger partial charge is 0.573 e. The molecule has 0 aromatic heterocycles. The zero-order chi connectivity index (χ0) is 13.1. The Bertz CT molecular complexity index is 421. The fraction of sp³-hybridized carbons (Fsp3) is 0.300. The number of carbonyl (C=O) groups excluding carboxylic acids is 1. The first-order valence-corrected chi connectivity index (χ1v) is 5.81. The zero-order valence-corrected chi connectivity index (χ0v) is 10.7. The number of benzene rings is 1. The number of hydrogen-bond donors (Lipinski definition) is 0. The summed E-state index contributed by atoms with van der Waals surface area (Å²) in [6.07, 6.45) is -4.90. The van der Waals surface area contributed by atoms with Crippen molar-refractivity contribution < 1.29 is 22.7 Å². The lowest BCUT2D eigenvalue weighted by Crippen LogP contribution is -2.19. The van der Waals surface area contributed by atoms with E-state index >= 15 is 0 Å². The van der Waals surface area contributed by atoms with Gasteiger partial charge >= 0.3 is 6.36 Å². The summed E-state index contributed by atoms with van der Waals surface area (Å²) < 4.78 is 40.4. The molecule has 0 atom stereocenters. The summed E-state index contributed by atoms with van der Waals surface area (Å²) in [5.74, 6) is -0.993. The van der Waals surface area contributed by atoms with Crippen LogP contribution in [0.25, 0.3) is 0 Å². The van der Waals surface area contributed by atoms with Gasteiger partial charge in [0.05, 0.1) is 10.0 Å². The molecule has 94 valence electrons. The number of rotatable bonds is 4. The maximum atomic E-state index is 12.2. The Morgan fingerprint density at radius 3 is 2.59 bits per heavy atom. The summed E-state index contributed by atoms with van der Waals surface area (Å²) in [5.41, 5.74) is -0.141. The van der Waals surface area contributed by atoms with Gasteiger partial charge in [-0.1, -0.05) is 6.07 Å². The SMILES string of the molecule is O=C(CCCl)c1cccc(Br)c1OC(F)(F)F. The van der Waals surface area contributed by atoms with Gasteiger partial charge in [0.25, 0.3) is 0 Å². The minimum atomic E-state index is -4.85. The van der Waals surface area contributed by atoms with Crippen LogP contribution in [-0.4, -0.2) is 18.0 Å². The van der Waals surface area contributed by atoms with Gasteiger partial charge in [0.2, 0.25) is 0 Å². The molecule has 0 N–H and O–H groups in total. The Balaban J connectivity index is 3.13. The van der Waals surface area contributed by atoms with Crippen molar-refractivity contribution in [2.75, 3.05) is 5.88 Å². The smallest absolute Gasteiger partial charge is 0.404 e. The fourth-order valence-electron chi connectivity index (χ4n) is 1.17. The van der Waals surface area contributed by atoms with E-state index in [4.69, 9.17) is 11.6 Å². The molecule has 1 aromatic carbocycles. The second-order valence-electron chi connectivity index (χ2n) is 3.03. The van der Waals surface area contributed by atoms with Gasteiger partial charge in [-0.3, -0.25) is 4.79 Å². The van der Waals surface area contributed by atoms with Crippen molar-refractivity contribution in [3.8, 4) is 5.75 Å². The van der Waals surface area contributed by atoms with Crippen molar-refractivity contribution in [3.63, 3.8) is 0 Å². The summed E-state index contributed by atoms with van der Waals surface area (Å²) in [6.45, 7) is 0. The zero-order valence-electron chi connectivity index (χ0n) is 8.35. The lowest BCUT2D eigenvalue weighted by Gasteiger charge is -2.13. The topological polar surface area (TPSA) is 26.3 Å². The molecule has 2 nitrogen and oxygen atoms in total. The third-order valence-electron chi connectivity index (χ3n) is 1.81. The van der Waals surface area contributed by atoms with E-state index in [0.717, 1.165) is 0 Å². The Morgan fingerprint density at radius 2 is 2.06 bits per heavy atom. The molecule has 0 spiro atoms. The summed E-state index contributed by atoms with van der Waals surface area (Å²) in [4.78, 5) is 11.6. The van der Waals surface area contributed by atoms with E-state index in [1.807, 2.05) is 0 Å². The highest BCUT2D eigenvalue weighted by molar-refractivity contribution is 9.10. The maximum Gasteiger partial charge on any atom is 0.573 e. The highest BCUT2D eigenvalue weighted by Crippen LogP contribution is 2.34. The van der Waals surface area contributed by atoms with Gasteiger partial charge in [-0.2, -0.15) is 0 Å². The summed E-state index contributed by atoms with van der Waals surface area (Å²) >= 11 is 8.28. The van der Waals surface area contributed by atoms with Gasteiger partial charge in [-0.25, -0.2) is 0 Å². The molecule has 7 heteroatoms. The molecule has 0 radical (unpaired) electrons. The normalized spacial score (nSPS) is 11.4. The first kappa shape index (κ1) is 14.3. The first-order chi connectivity index (χ1) is 7.85. The van der Waals surface area contributed by atoms with Crippen LogP contribution < -0.4 is 4.74 Å². The number of hydrogen-bond acceptors (Lipinski definition) is 2. The number of carbonyl (C=O) groups is 1. The third kappa shape index (κ3) is 4.20. The number of ether oxygens (including phenoxy) is 1. The van der Waals surface area contributed by atoms with Crippen LogP contribution in [0, 0.1) is 0 Å². The first-order valence-electron chi connectivity index (χ1n) is 4.48. The molecule has 0 fully saturated rings. The van der Waals surface area contributed by atoms with Crippen molar-refractivity contribution in [3.05, 3.63) is 28.2 Å². The molecule has 0 unspecified atom stereocenters. The highest BCUT2D eigenvalue weighted by Gasteiger charge is 2.33. The molecule has 0 amide bonds. The Kier molecular flexibility index (Phi) is 4.82. The van der Waals surface area contributed by atoms with Crippen LogP contribution in [0.2, 0.25) is 0 Å².